The quantitative estimate of drug-likeness (QED) is 0.894. The molecule has 1 aromatic carbocycles. The van der Waals surface area contributed by atoms with Crippen molar-refractivity contribution in [3.8, 4) is 0 Å². The minimum Gasteiger partial charge on any atom is -0.388 e. The lowest BCUT2D eigenvalue weighted by molar-refractivity contribution is -0.0688. The van der Waals surface area contributed by atoms with Gasteiger partial charge in [-0.3, -0.25) is 0 Å². The van der Waals surface area contributed by atoms with E-state index in [2.05, 4.69) is 0 Å². The third-order valence-electron chi connectivity index (χ3n) is 3.61. The van der Waals surface area contributed by atoms with Crippen LogP contribution in [0.3, 0.4) is 0 Å². The summed E-state index contributed by atoms with van der Waals surface area (Å²) in [5, 5.41) is 11.6. The Morgan fingerprint density at radius 2 is 1.90 bits per heavy atom. The summed E-state index contributed by atoms with van der Waals surface area (Å²) >= 11 is 0. The van der Waals surface area contributed by atoms with E-state index in [-0.39, 0.29) is 6.54 Å². The molecule has 0 aromatic heterocycles. The average molecular weight is 311 g/mol. The number of benzene rings is 1. The summed E-state index contributed by atoms with van der Waals surface area (Å²) in [5.74, 6) is 0. The van der Waals surface area contributed by atoms with Gasteiger partial charge >= 0.3 is 0 Å². The van der Waals surface area contributed by atoms with Crippen molar-refractivity contribution in [2.75, 3.05) is 26.8 Å². The van der Waals surface area contributed by atoms with E-state index >= 15 is 0 Å². The second kappa shape index (κ2) is 6.70. The van der Waals surface area contributed by atoms with E-state index in [1.807, 2.05) is 30.3 Å². The molecule has 0 bridgehead atoms. The van der Waals surface area contributed by atoms with Gasteiger partial charge in [-0.25, -0.2) is 8.42 Å². The summed E-state index contributed by atoms with van der Waals surface area (Å²) < 4.78 is 30.8. The van der Waals surface area contributed by atoms with Gasteiger partial charge < -0.3 is 9.84 Å². The number of hydrogen-bond acceptors (Lipinski definition) is 4. The second-order valence-electron chi connectivity index (χ2n) is 5.35. The molecular formula is C15H21NO4S. The van der Waals surface area contributed by atoms with E-state index in [1.165, 1.54) is 16.8 Å². The number of aliphatic hydroxyl groups is 1. The van der Waals surface area contributed by atoms with E-state index in [9.17, 15) is 13.5 Å². The van der Waals surface area contributed by atoms with Crippen LogP contribution in [0.5, 0.6) is 0 Å². The molecule has 1 aromatic rings. The van der Waals surface area contributed by atoms with Gasteiger partial charge in [-0.15, -0.1) is 0 Å². The summed E-state index contributed by atoms with van der Waals surface area (Å²) in [6.07, 6.45) is 2.46. The fraction of sp³-hybridized carbons (Fsp3) is 0.467. The van der Waals surface area contributed by atoms with Crippen LogP contribution >= 0.6 is 0 Å². The summed E-state index contributed by atoms with van der Waals surface area (Å²) in [6, 6.07) is 9.23. The zero-order chi connectivity index (χ0) is 15.3. The number of ether oxygens (including phenoxy) is 1. The van der Waals surface area contributed by atoms with Gasteiger partial charge in [0, 0.05) is 45.1 Å². The molecule has 1 saturated heterocycles. The van der Waals surface area contributed by atoms with Crippen LogP contribution in [-0.2, 0) is 14.8 Å². The summed E-state index contributed by atoms with van der Waals surface area (Å²) in [7, 11) is -2.06. The molecule has 1 N–H and O–H groups in total. The third-order valence-corrected chi connectivity index (χ3v) is 5.08. The molecule has 0 radical (unpaired) electrons. The molecule has 1 heterocycles. The molecule has 116 valence electrons. The van der Waals surface area contributed by atoms with E-state index < -0.39 is 15.6 Å². The molecule has 0 unspecified atom stereocenters. The monoisotopic (exact) mass is 311 g/mol. The van der Waals surface area contributed by atoms with Crippen molar-refractivity contribution in [3.05, 3.63) is 41.3 Å². The average Bonchev–Trinajstić information content (AvgIpc) is 2.46. The Kier molecular flexibility index (Phi) is 5.16. The van der Waals surface area contributed by atoms with Gasteiger partial charge in [-0.1, -0.05) is 30.3 Å². The standard InChI is InChI=1S/C15H21NO4S/c1-16(13-15(17)8-10-20-11-9-15)21(18,19)12-7-14-5-3-2-4-6-14/h2-7,12,17H,8-11,13H2,1H3/b12-7+. The van der Waals surface area contributed by atoms with Crippen molar-refractivity contribution in [1.82, 2.24) is 4.31 Å². The zero-order valence-corrected chi connectivity index (χ0v) is 12.9. The number of sulfonamides is 1. The summed E-state index contributed by atoms with van der Waals surface area (Å²) in [4.78, 5) is 0. The first-order valence-electron chi connectivity index (χ1n) is 6.91. The molecule has 0 saturated carbocycles. The van der Waals surface area contributed by atoms with Crippen LogP contribution in [-0.4, -0.2) is 50.2 Å². The largest absolute Gasteiger partial charge is 0.388 e. The molecule has 5 nitrogen and oxygen atoms in total. The Balaban J connectivity index is 2.03. The Bertz CT molecular complexity index is 577. The highest BCUT2D eigenvalue weighted by molar-refractivity contribution is 7.92. The van der Waals surface area contributed by atoms with Crippen molar-refractivity contribution in [2.24, 2.45) is 0 Å². The maximum atomic E-state index is 12.2. The van der Waals surface area contributed by atoms with Crippen LogP contribution in [0, 0.1) is 0 Å². The first-order valence-corrected chi connectivity index (χ1v) is 8.41. The molecule has 0 aliphatic carbocycles. The molecule has 0 atom stereocenters. The van der Waals surface area contributed by atoms with Crippen molar-refractivity contribution in [1.29, 1.82) is 0 Å². The molecule has 1 fully saturated rings. The number of nitrogens with zero attached hydrogens (tertiary/aromatic N) is 1. The van der Waals surface area contributed by atoms with Crippen molar-refractivity contribution >= 4 is 16.1 Å². The lowest BCUT2D eigenvalue weighted by atomic mass is 9.95. The molecule has 2 rings (SSSR count). The Hall–Kier alpha value is -1.21. The molecular weight excluding hydrogens is 290 g/mol. The minimum absolute atomic E-state index is 0.0812. The Labute approximate surface area is 125 Å². The molecule has 21 heavy (non-hydrogen) atoms. The fourth-order valence-electron chi connectivity index (χ4n) is 2.25. The van der Waals surface area contributed by atoms with Crippen LogP contribution in [0.1, 0.15) is 18.4 Å². The molecule has 1 aliphatic heterocycles. The Morgan fingerprint density at radius 1 is 1.29 bits per heavy atom. The van der Waals surface area contributed by atoms with E-state index in [4.69, 9.17) is 4.74 Å². The van der Waals surface area contributed by atoms with Crippen molar-refractivity contribution < 1.29 is 18.3 Å². The van der Waals surface area contributed by atoms with Gasteiger partial charge in [0.05, 0.1) is 5.60 Å². The van der Waals surface area contributed by atoms with Gasteiger partial charge in [-0.05, 0) is 11.6 Å². The van der Waals surface area contributed by atoms with Crippen LogP contribution < -0.4 is 0 Å². The maximum Gasteiger partial charge on any atom is 0.236 e. The van der Waals surface area contributed by atoms with Crippen molar-refractivity contribution in [2.45, 2.75) is 18.4 Å². The lowest BCUT2D eigenvalue weighted by Gasteiger charge is -2.34. The highest BCUT2D eigenvalue weighted by Crippen LogP contribution is 2.22. The molecule has 0 amide bonds. The van der Waals surface area contributed by atoms with Gasteiger partial charge in [-0.2, -0.15) is 4.31 Å². The molecule has 0 spiro atoms. The number of rotatable bonds is 5. The fourth-order valence-corrected chi connectivity index (χ4v) is 3.20. The second-order valence-corrected chi connectivity index (χ2v) is 7.28. The minimum atomic E-state index is -3.54. The highest BCUT2D eigenvalue weighted by atomic mass is 32.2. The first kappa shape index (κ1) is 16.2. The molecule has 6 heteroatoms. The van der Waals surface area contributed by atoms with Crippen LogP contribution in [0.25, 0.3) is 6.08 Å². The van der Waals surface area contributed by atoms with Gasteiger partial charge in [0.1, 0.15) is 0 Å². The predicted octanol–water partition coefficient (Wildman–Crippen LogP) is 1.46. The lowest BCUT2D eigenvalue weighted by Crippen LogP contribution is -2.46. The Morgan fingerprint density at radius 3 is 2.52 bits per heavy atom. The number of hydrogen-bond donors (Lipinski definition) is 1. The van der Waals surface area contributed by atoms with Crippen LogP contribution in [0.4, 0.5) is 0 Å². The van der Waals surface area contributed by atoms with Gasteiger partial charge in [0.2, 0.25) is 10.0 Å². The van der Waals surface area contributed by atoms with E-state index in [1.54, 1.807) is 6.08 Å². The smallest absolute Gasteiger partial charge is 0.236 e. The van der Waals surface area contributed by atoms with Gasteiger partial charge in [0.15, 0.2) is 0 Å². The van der Waals surface area contributed by atoms with Crippen molar-refractivity contribution in [3.63, 3.8) is 0 Å². The molecule has 1 aliphatic rings. The topological polar surface area (TPSA) is 66.8 Å². The number of likely N-dealkylation sites (N-methyl/N-ethyl adjacent to an activating group) is 1. The normalized spacial score (nSPS) is 19.2. The van der Waals surface area contributed by atoms with Gasteiger partial charge in [0.25, 0.3) is 0 Å². The van der Waals surface area contributed by atoms with Crippen LogP contribution in [0.15, 0.2) is 35.7 Å². The van der Waals surface area contributed by atoms with E-state index in [0.29, 0.717) is 26.1 Å². The van der Waals surface area contributed by atoms with E-state index in [0.717, 1.165) is 5.56 Å². The summed E-state index contributed by atoms with van der Waals surface area (Å²) in [6.45, 7) is 1.01. The summed E-state index contributed by atoms with van der Waals surface area (Å²) in [5.41, 5.74) is -0.181. The third kappa shape index (κ3) is 4.64. The highest BCUT2D eigenvalue weighted by Gasteiger charge is 2.33. The predicted molar refractivity (Wildman–Crippen MR) is 82.0 cm³/mol. The van der Waals surface area contributed by atoms with Crippen LogP contribution in [0.2, 0.25) is 0 Å². The first-order chi connectivity index (χ1) is 9.91. The zero-order valence-electron chi connectivity index (χ0n) is 12.1. The maximum absolute atomic E-state index is 12.2. The SMILES string of the molecule is CN(CC1(O)CCOCC1)S(=O)(=O)/C=C/c1ccccc1.